The highest BCUT2D eigenvalue weighted by Crippen LogP contribution is 2.20. The summed E-state index contributed by atoms with van der Waals surface area (Å²) in [4.78, 5) is 13.7. The van der Waals surface area contributed by atoms with Crippen molar-refractivity contribution in [1.29, 1.82) is 0 Å². The molecule has 112 valence electrons. The smallest absolute Gasteiger partial charge is 0.234 e. The first-order chi connectivity index (χ1) is 9.58. The third kappa shape index (κ3) is 5.58. The lowest BCUT2D eigenvalue weighted by Gasteiger charge is -2.26. The summed E-state index contributed by atoms with van der Waals surface area (Å²) in [6.07, 6.45) is 0. The van der Waals surface area contributed by atoms with E-state index in [1.54, 1.807) is 7.11 Å². The summed E-state index contributed by atoms with van der Waals surface area (Å²) in [6.45, 7) is 1.81. The van der Waals surface area contributed by atoms with Crippen molar-refractivity contribution >= 4 is 21.8 Å². The molecule has 0 radical (unpaired) electrons. The number of likely N-dealkylation sites (N-methyl/N-ethyl adjacent to an activating group) is 1. The number of hydrogen-bond acceptors (Lipinski definition) is 4. The van der Waals surface area contributed by atoms with Gasteiger partial charge in [0.25, 0.3) is 0 Å². The standard InChI is InChI=1S/C14H22BrN3O2/c1-18(10-14(19)17-7-8-20-2)13(9-16)11-3-5-12(15)6-4-11/h3-6,13H,7-10,16H2,1-2H3,(H,17,19). The van der Waals surface area contributed by atoms with Gasteiger partial charge in [-0.2, -0.15) is 0 Å². The number of benzene rings is 1. The molecule has 1 atom stereocenters. The fourth-order valence-electron chi connectivity index (χ4n) is 1.94. The Kier molecular flexibility index (Phi) is 7.76. The van der Waals surface area contributed by atoms with Crippen LogP contribution in [0.2, 0.25) is 0 Å². The second-order valence-electron chi connectivity index (χ2n) is 4.56. The molecule has 0 saturated heterocycles. The highest BCUT2D eigenvalue weighted by molar-refractivity contribution is 9.10. The number of methoxy groups -OCH3 is 1. The van der Waals surface area contributed by atoms with E-state index in [4.69, 9.17) is 10.5 Å². The van der Waals surface area contributed by atoms with Gasteiger partial charge in [0, 0.05) is 30.7 Å². The minimum Gasteiger partial charge on any atom is -0.383 e. The fourth-order valence-corrected chi connectivity index (χ4v) is 2.20. The first-order valence-electron chi connectivity index (χ1n) is 6.50. The summed E-state index contributed by atoms with van der Waals surface area (Å²) in [6, 6.07) is 8.01. The van der Waals surface area contributed by atoms with Gasteiger partial charge in [0.2, 0.25) is 5.91 Å². The largest absolute Gasteiger partial charge is 0.383 e. The van der Waals surface area contributed by atoms with E-state index in [1.807, 2.05) is 36.2 Å². The van der Waals surface area contributed by atoms with E-state index >= 15 is 0 Å². The maximum absolute atomic E-state index is 11.8. The molecule has 5 nitrogen and oxygen atoms in total. The van der Waals surface area contributed by atoms with Crippen LogP contribution in [0.4, 0.5) is 0 Å². The van der Waals surface area contributed by atoms with Crippen LogP contribution in [0, 0.1) is 0 Å². The van der Waals surface area contributed by atoms with Crippen molar-refractivity contribution in [1.82, 2.24) is 10.2 Å². The molecule has 1 aromatic carbocycles. The van der Waals surface area contributed by atoms with Crippen molar-refractivity contribution in [3.05, 3.63) is 34.3 Å². The van der Waals surface area contributed by atoms with Gasteiger partial charge in [-0.1, -0.05) is 28.1 Å². The average molecular weight is 344 g/mol. The minimum absolute atomic E-state index is 0.0243. The zero-order valence-corrected chi connectivity index (χ0v) is 13.5. The lowest BCUT2D eigenvalue weighted by atomic mass is 10.1. The molecule has 1 amide bonds. The van der Waals surface area contributed by atoms with Gasteiger partial charge < -0.3 is 15.8 Å². The van der Waals surface area contributed by atoms with Crippen LogP contribution < -0.4 is 11.1 Å². The van der Waals surface area contributed by atoms with Crippen molar-refractivity contribution in [3.8, 4) is 0 Å². The molecule has 1 unspecified atom stereocenters. The van der Waals surface area contributed by atoms with Gasteiger partial charge >= 0.3 is 0 Å². The summed E-state index contributed by atoms with van der Waals surface area (Å²) in [7, 11) is 3.51. The van der Waals surface area contributed by atoms with Crippen LogP contribution in [-0.4, -0.2) is 51.2 Å². The maximum atomic E-state index is 11.8. The van der Waals surface area contributed by atoms with Crippen LogP contribution in [0.5, 0.6) is 0 Å². The van der Waals surface area contributed by atoms with Gasteiger partial charge in [0.05, 0.1) is 13.2 Å². The fraction of sp³-hybridized carbons (Fsp3) is 0.500. The van der Waals surface area contributed by atoms with E-state index in [-0.39, 0.29) is 11.9 Å². The molecule has 1 rings (SSSR count). The molecule has 1 aromatic rings. The zero-order chi connectivity index (χ0) is 15.0. The van der Waals surface area contributed by atoms with Crippen LogP contribution in [0.3, 0.4) is 0 Å². The molecule has 0 bridgehead atoms. The van der Waals surface area contributed by atoms with Gasteiger partial charge in [0.1, 0.15) is 0 Å². The molecule has 0 fully saturated rings. The second kappa shape index (κ2) is 9.07. The Labute approximate surface area is 128 Å². The minimum atomic E-state index is -0.0277. The lowest BCUT2D eigenvalue weighted by Crippen LogP contribution is -2.40. The van der Waals surface area contributed by atoms with Gasteiger partial charge in [-0.3, -0.25) is 9.69 Å². The van der Waals surface area contributed by atoms with Gasteiger partial charge in [0.15, 0.2) is 0 Å². The Morgan fingerprint density at radius 3 is 2.65 bits per heavy atom. The SMILES string of the molecule is COCCNC(=O)CN(C)C(CN)c1ccc(Br)cc1. The monoisotopic (exact) mass is 343 g/mol. The number of nitrogens with two attached hydrogens (primary N) is 1. The van der Waals surface area contributed by atoms with E-state index in [0.29, 0.717) is 26.2 Å². The van der Waals surface area contributed by atoms with Crippen molar-refractivity contribution in [3.63, 3.8) is 0 Å². The quantitative estimate of drug-likeness (QED) is 0.694. The Bertz CT molecular complexity index is 411. The first kappa shape index (κ1) is 17.1. The third-order valence-corrected chi connectivity index (χ3v) is 3.56. The predicted octanol–water partition coefficient (Wildman–Crippen LogP) is 1.14. The van der Waals surface area contributed by atoms with Gasteiger partial charge in [-0.25, -0.2) is 0 Å². The number of carbonyl (C=O) groups excluding carboxylic acids is 1. The Morgan fingerprint density at radius 1 is 1.45 bits per heavy atom. The molecule has 6 heteroatoms. The molecule has 3 N–H and O–H groups in total. The van der Waals surface area contributed by atoms with Crippen molar-refractivity contribution in [2.24, 2.45) is 5.73 Å². The number of ether oxygens (including phenoxy) is 1. The Morgan fingerprint density at radius 2 is 2.10 bits per heavy atom. The topological polar surface area (TPSA) is 67.6 Å². The van der Waals surface area contributed by atoms with Crippen LogP contribution in [0.25, 0.3) is 0 Å². The van der Waals surface area contributed by atoms with Gasteiger partial charge in [-0.15, -0.1) is 0 Å². The highest BCUT2D eigenvalue weighted by Gasteiger charge is 2.17. The number of carbonyl (C=O) groups is 1. The summed E-state index contributed by atoms with van der Waals surface area (Å²) in [5, 5.41) is 2.80. The van der Waals surface area contributed by atoms with E-state index in [0.717, 1.165) is 10.0 Å². The normalized spacial score (nSPS) is 12.4. The van der Waals surface area contributed by atoms with E-state index < -0.39 is 0 Å². The number of hydrogen-bond donors (Lipinski definition) is 2. The van der Waals surface area contributed by atoms with Crippen LogP contribution in [0.15, 0.2) is 28.7 Å². The van der Waals surface area contributed by atoms with Crippen LogP contribution in [-0.2, 0) is 9.53 Å². The molecule has 0 saturated carbocycles. The summed E-state index contributed by atoms with van der Waals surface area (Å²) in [5.74, 6) is -0.0277. The predicted molar refractivity (Wildman–Crippen MR) is 83.5 cm³/mol. The zero-order valence-electron chi connectivity index (χ0n) is 11.9. The summed E-state index contributed by atoms with van der Waals surface area (Å²) in [5.41, 5.74) is 6.94. The molecule has 20 heavy (non-hydrogen) atoms. The average Bonchev–Trinajstić information content (AvgIpc) is 2.42. The third-order valence-electron chi connectivity index (χ3n) is 3.03. The first-order valence-corrected chi connectivity index (χ1v) is 7.29. The molecule has 0 aliphatic carbocycles. The lowest BCUT2D eigenvalue weighted by molar-refractivity contribution is -0.122. The Balaban J connectivity index is 2.56. The highest BCUT2D eigenvalue weighted by atomic mass is 79.9. The van der Waals surface area contributed by atoms with E-state index in [2.05, 4.69) is 21.2 Å². The maximum Gasteiger partial charge on any atom is 0.234 e. The number of nitrogens with zero attached hydrogens (tertiary/aromatic N) is 1. The van der Waals surface area contributed by atoms with Crippen LogP contribution >= 0.6 is 15.9 Å². The van der Waals surface area contributed by atoms with Crippen molar-refractivity contribution in [2.75, 3.05) is 40.4 Å². The number of amides is 1. The molecule has 0 aliphatic rings. The molecule has 0 aromatic heterocycles. The van der Waals surface area contributed by atoms with E-state index in [1.165, 1.54) is 0 Å². The van der Waals surface area contributed by atoms with Gasteiger partial charge in [-0.05, 0) is 24.7 Å². The molecular weight excluding hydrogens is 322 g/mol. The second-order valence-corrected chi connectivity index (χ2v) is 5.48. The van der Waals surface area contributed by atoms with Crippen molar-refractivity contribution < 1.29 is 9.53 Å². The van der Waals surface area contributed by atoms with E-state index in [9.17, 15) is 4.79 Å². The van der Waals surface area contributed by atoms with Crippen molar-refractivity contribution in [2.45, 2.75) is 6.04 Å². The molecule has 0 heterocycles. The molecule has 0 spiro atoms. The number of rotatable bonds is 8. The number of halogens is 1. The Hall–Kier alpha value is -0.950. The summed E-state index contributed by atoms with van der Waals surface area (Å²) >= 11 is 3.41. The molecular formula is C14H22BrN3O2. The summed E-state index contributed by atoms with van der Waals surface area (Å²) < 4.78 is 5.92. The number of nitrogens with one attached hydrogen (secondary N) is 1. The molecule has 0 aliphatic heterocycles. The van der Waals surface area contributed by atoms with Crippen LogP contribution in [0.1, 0.15) is 11.6 Å².